The molecule has 0 bridgehead atoms. The first-order chi connectivity index (χ1) is 12.7. The summed E-state index contributed by atoms with van der Waals surface area (Å²) in [6, 6.07) is 4.98. The highest BCUT2D eigenvalue weighted by molar-refractivity contribution is 8.18. The summed E-state index contributed by atoms with van der Waals surface area (Å²) in [5.74, 6) is -1.60. The summed E-state index contributed by atoms with van der Waals surface area (Å²) in [7, 11) is -1.68. The van der Waals surface area contributed by atoms with Gasteiger partial charge >= 0.3 is 0 Å². The second kappa shape index (κ2) is 7.43. The van der Waals surface area contributed by atoms with Crippen LogP contribution in [0.4, 0.5) is 9.18 Å². The van der Waals surface area contributed by atoms with Crippen LogP contribution in [0.25, 0.3) is 6.08 Å². The molecule has 0 saturated carbocycles. The first-order valence-electron chi connectivity index (χ1n) is 8.13. The summed E-state index contributed by atoms with van der Waals surface area (Å²) < 4.78 is 36.1. The zero-order valence-corrected chi connectivity index (χ0v) is 16.1. The van der Waals surface area contributed by atoms with E-state index in [0.29, 0.717) is 23.7 Å². The number of halogens is 1. The SMILES string of the molecule is CN(C(=O)CN1C(=O)S/C(=C/c2ccc(F)cc2)C1=O)[C@@H]1CCS(=O)(=O)C1. The predicted molar refractivity (Wildman–Crippen MR) is 98.9 cm³/mol. The van der Waals surface area contributed by atoms with Gasteiger partial charge in [0.1, 0.15) is 12.4 Å². The number of rotatable bonds is 4. The smallest absolute Gasteiger partial charge is 0.294 e. The van der Waals surface area contributed by atoms with E-state index < -0.39 is 45.3 Å². The highest BCUT2D eigenvalue weighted by Crippen LogP contribution is 2.32. The molecule has 27 heavy (non-hydrogen) atoms. The number of hydrogen-bond acceptors (Lipinski definition) is 6. The van der Waals surface area contributed by atoms with Crippen LogP contribution in [0.1, 0.15) is 12.0 Å². The number of likely N-dealkylation sites (N-methyl/N-ethyl adjacent to an activating group) is 1. The van der Waals surface area contributed by atoms with Crippen LogP contribution < -0.4 is 0 Å². The molecule has 1 aromatic carbocycles. The summed E-state index contributed by atoms with van der Waals surface area (Å²) in [6.45, 7) is -0.446. The van der Waals surface area contributed by atoms with Gasteiger partial charge in [-0.2, -0.15) is 0 Å². The second-order valence-electron chi connectivity index (χ2n) is 6.38. The molecular weight excluding hydrogens is 395 g/mol. The molecule has 2 aliphatic heterocycles. The van der Waals surface area contributed by atoms with E-state index in [0.717, 1.165) is 4.90 Å². The highest BCUT2D eigenvalue weighted by Gasteiger charge is 2.39. The molecule has 144 valence electrons. The van der Waals surface area contributed by atoms with Gasteiger partial charge in [-0.1, -0.05) is 12.1 Å². The van der Waals surface area contributed by atoms with Crippen molar-refractivity contribution >= 4 is 44.7 Å². The van der Waals surface area contributed by atoms with E-state index >= 15 is 0 Å². The number of benzene rings is 1. The fraction of sp³-hybridized carbons (Fsp3) is 0.353. The van der Waals surface area contributed by atoms with Crippen molar-refractivity contribution < 1.29 is 27.2 Å². The van der Waals surface area contributed by atoms with Crippen LogP contribution in [0.3, 0.4) is 0 Å². The van der Waals surface area contributed by atoms with Crippen molar-refractivity contribution in [2.45, 2.75) is 12.5 Å². The van der Waals surface area contributed by atoms with E-state index in [9.17, 15) is 27.2 Å². The maximum Gasteiger partial charge on any atom is 0.294 e. The third-order valence-corrected chi connectivity index (χ3v) is 7.14. The molecular formula is C17H17FN2O5S2. The summed E-state index contributed by atoms with van der Waals surface area (Å²) in [4.78, 5) is 39.2. The van der Waals surface area contributed by atoms with Gasteiger partial charge in [0.05, 0.1) is 16.4 Å². The molecule has 2 aliphatic rings. The van der Waals surface area contributed by atoms with Crippen LogP contribution in [0.15, 0.2) is 29.2 Å². The number of amides is 3. The summed E-state index contributed by atoms with van der Waals surface area (Å²) in [6.07, 6.45) is 1.80. The van der Waals surface area contributed by atoms with Gasteiger partial charge in [-0.3, -0.25) is 19.3 Å². The topological polar surface area (TPSA) is 91.8 Å². The maximum atomic E-state index is 13.0. The Kier molecular flexibility index (Phi) is 5.38. The van der Waals surface area contributed by atoms with Crippen molar-refractivity contribution in [3.05, 3.63) is 40.6 Å². The second-order valence-corrected chi connectivity index (χ2v) is 9.60. The van der Waals surface area contributed by atoms with Gasteiger partial charge in [-0.05, 0) is 42.0 Å². The number of imide groups is 1. The molecule has 0 N–H and O–H groups in total. The molecule has 3 rings (SSSR count). The number of hydrogen-bond donors (Lipinski definition) is 0. The average molecular weight is 412 g/mol. The summed E-state index contributed by atoms with van der Waals surface area (Å²) in [5, 5.41) is -0.575. The average Bonchev–Trinajstić information content (AvgIpc) is 3.10. The molecule has 2 saturated heterocycles. The fourth-order valence-electron chi connectivity index (χ4n) is 2.88. The Morgan fingerprint density at radius 3 is 2.59 bits per heavy atom. The highest BCUT2D eigenvalue weighted by atomic mass is 32.2. The lowest BCUT2D eigenvalue weighted by atomic mass is 10.2. The van der Waals surface area contributed by atoms with E-state index in [2.05, 4.69) is 0 Å². The molecule has 1 aromatic rings. The monoisotopic (exact) mass is 412 g/mol. The van der Waals surface area contributed by atoms with Crippen LogP contribution in [-0.2, 0) is 19.4 Å². The number of nitrogens with zero attached hydrogens (tertiary/aromatic N) is 2. The Labute approximate surface area is 160 Å². The van der Waals surface area contributed by atoms with Crippen molar-refractivity contribution in [3.63, 3.8) is 0 Å². The van der Waals surface area contributed by atoms with Crippen molar-refractivity contribution in [2.75, 3.05) is 25.1 Å². The van der Waals surface area contributed by atoms with Crippen LogP contribution in [0, 0.1) is 5.82 Å². The van der Waals surface area contributed by atoms with E-state index in [4.69, 9.17) is 0 Å². The maximum absolute atomic E-state index is 13.0. The van der Waals surface area contributed by atoms with Crippen LogP contribution in [0.5, 0.6) is 0 Å². The lowest BCUT2D eigenvalue weighted by Gasteiger charge is -2.25. The molecule has 1 atom stereocenters. The molecule has 7 nitrogen and oxygen atoms in total. The van der Waals surface area contributed by atoms with Crippen molar-refractivity contribution in [3.8, 4) is 0 Å². The van der Waals surface area contributed by atoms with Crippen molar-refractivity contribution in [2.24, 2.45) is 0 Å². The first kappa shape index (κ1) is 19.6. The van der Waals surface area contributed by atoms with Gasteiger partial charge in [0, 0.05) is 13.1 Å². The van der Waals surface area contributed by atoms with Crippen molar-refractivity contribution in [1.82, 2.24) is 9.80 Å². The number of thioether (sulfide) groups is 1. The molecule has 2 fully saturated rings. The van der Waals surface area contributed by atoms with Gasteiger partial charge in [-0.15, -0.1) is 0 Å². The third-order valence-electron chi connectivity index (χ3n) is 4.48. The Morgan fingerprint density at radius 2 is 2.00 bits per heavy atom. The lowest BCUT2D eigenvalue weighted by Crippen LogP contribution is -2.45. The van der Waals surface area contributed by atoms with Gasteiger partial charge in [-0.25, -0.2) is 12.8 Å². The normalized spacial score (nSPS) is 23.3. The zero-order valence-electron chi connectivity index (χ0n) is 14.4. The van der Waals surface area contributed by atoms with Gasteiger partial charge < -0.3 is 4.90 Å². The molecule has 2 heterocycles. The zero-order chi connectivity index (χ0) is 19.8. The summed E-state index contributed by atoms with van der Waals surface area (Å²) in [5.41, 5.74) is 0.557. The van der Waals surface area contributed by atoms with Gasteiger partial charge in [0.25, 0.3) is 11.1 Å². The molecule has 10 heteroatoms. The minimum atomic E-state index is -3.15. The molecule has 0 radical (unpaired) electrons. The molecule has 0 unspecified atom stereocenters. The number of carbonyl (C=O) groups is 3. The van der Waals surface area contributed by atoms with E-state index in [1.165, 1.54) is 42.3 Å². The van der Waals surface area contributed by atoms with Crippen LogP contribution >= 0.6 is 11.8 Å². The largest absolute Gasteiger partial charge is 0.340 e. The van der Waals surface area contributed by atoms with E-state index in [-0.39, 0.29) is 16.4 Å². The van der Waals surface area contributed by atoms with Crippen LogP contribution in [-0.4, -0.2) is 66.4 Å². The minimum Gasteiger partial charge on any atom is -0.340 e. The number of sulfone groups is 1. The standard InChI is InChI=1S/C17H17FN2O5S2/c1-19(13-6-7-27(24,25)10-13)15(21)9-20-16(22)14(26-17(20)23)8-11-2-4-12(18)5-3-11/h2-5,8,13H,6-7,9-10H2,1H3/b14-8+/t13-/m1/s1. The molecule has 0 aliphatic carbocycles. The Hall–Kier alpha value is -2.20. The number of carbonyl (C=O) groups excluding carboxylic acids is 3. The third kappa shape index (κ3) is 4.38. The first-order valence-corrected chi connectivity index (χ1v) is 10.8. The minimum absolute atomic E-state index is 0.0251. The van der Waals surface area contributed by atoms with E-state index in [1.54, 1.807) is 0 Å². The molecule has 0 aromatic heterocycles. The van der Waals surface area contributed by atoms with Gasteiger partial charge in [0.2, 0.25) is 5.91 Å². The predicted octanol–water partition coefficient (Wildman–Crippen LogP) is 1.51. The quantitative estimate of drug-likeness (QED) is 0.696. The van der Waals surface area contributed by atoms with Crippen LogP contribution in [0.2, 0.25) is 0 Å². The fourth-order valence-corrected chi connectivity index (χ4v) is 5.49. The van der Waals surface area contributed by atoms with Gasteiger partial charge in [0.15, 0.2) is 9.84 Å². The molecule has 0 spiro atoms. The summed E-state index contributed by atoms with van der Waals surface area (Å²) >= 11 is 0.705. The Morgan fingerprint density at radius 1 is 1.33 bits per heavy atom. The van der Waals surface area contributed by atoms with E-state index in [1.807, 2.05) is 0 Å². The Balaban J connectivity index is 1.68. The Bertz CT molecular complexity index is 927. The lowest BCUT2D eigenvalue weighted by molar-refractivity contribution is -0.136. The van der Waals surface area contributed by atoms with Crippen molar-refractivity contribution in [1.29, 1.82) is 0 Å². The molecule has 3 amide bonds.